The highest BCUT2D eigenvalue weighted by Crippen LogP contribution is 2.48. The molecule has 0 saturated carbocycles. The maximum atomic E-state index is 7.01. The monoisotopic (exact) mass is 841 g/mol. The Morgan fingerprint density at radius 2 is 0.742 bits per heavy atom. The Morgan fingerprint density at radius 1 is 0.273 bits per heavy atom. The van der Waals surface area contributed by atoms with Gasteiger partial charge in [-0.05, 0) is 121 Å². The fourth-order valence-electron chi connectivity index (χ4n) is 9.77. The van der Waals surface area contributed by atoms with E-state index in [1.54, 1.807) is 0 Å². The predicted octanol–water partition coefficient (Wildman–Crippen LogP) is 18.2. The van der Waals surface area contributed by atoms with E-state index in [2.05, 4.69) is 266 Å². The van der Waals surface area contributed by atoms with Gasteiger partial charge in [0.25, 0.3) is 0 Å². The summed E-state index contributed by atoms with van der Waals surface area (Å²) in [5.41, 5.74) is 18.9. The third-order valence-corrected chi connectivity index (χ3v) is 12.9. The summed E-state index contributed by atoms with van der Waals surface area (Å²) in [5, 5.41) is 4.53. The van der Waals surface area contributed by atoms with E-state index in [0.717, 1.165) is 55.7 Å². The van der Waals surface area contributed by atoms with Crippen molar-refractivity contribution < 1.29 is 4.42 Å². The van der Waals surface area contributed by atoms with E-state index in [9.17, 15) is 0 Å². The quantitative estimate of drug-likeness (QED) is 0.144. The molecule has 0 unspecified atom stereocenters. The lowest BCUT2D eigenvalue weighted by Crippen LogP contribution is -2.10. The third-order valence-electron chi connectivity index (χ3n) is 12.9. The van der Waals surface area contributed by atoms with Crippen LogP contribution >= 0.6 is 0 Å². The minimum atomic E-state index is 0.854. The van der Waals surface area contributed by atoms with Gasteiger partial charge in [0.1, 0.15) is 11.2 Å². The Morgan fingerprint density at radius 3 is 1.42 bits per heavy atom. The van der Waals surface area contributed by atoms with Crippen molar-refractivity contribution in [3.05, 3.63) is 261 Å². The largest absolute Gasteiger partial charge is 0.455 e. The Labute approximate surface area is 384 Å². The zero-order chi connectivity index (χ0) is 43.8. The number of fused-ring (bicyclic) bond motifs is 4. The van der Waals surface area contributed by atoms with Crippen LogP contribution in [0.3, 0.4) is 0 Å². The average molecular weight is 842 g/mol. The highest BCUT2D eigenvalue weighted by atomic mass is 16.3. The molecule has 0 aliphatic carbocycles. The van der Waals surface area contributed by atoms with Crippen LogP contribution in [-0.4, -0.2) is 0 Å². The normalized spacial score (nSPS) is 11.3. The fraction of sp³-hybridized carbons (Fsp3) is 0. The van der Waals surface area contributed by atoms with E-state index in [-0.39, 0.29) is 0 Å². The van der Waals surface area contributed by atoms with Gasteiger partial charge in [-0.1, -0.05) is 212 Å². The Hall–Kier alpha value is -8.72. The number of benzene rings is 11. The Bertz CT molecular complexity index is 3660. The molecule has 11 aromatic carbocycles. The molecule has 0 bridgehead atoms. The molecule has 0 aliphatic heterocycles. The second kappa shape index (κ2) is 16.8. The number of hydrogen-bond acceptors (Lipinski definition) is 2. The Kier molecular flexibility index (Phi) is 9.89. The maximum Gasteiger partial charge on any atom is 0.145 e. The number of anilines is 3. The van der Waals surface area contributed by atoms with E-state index in [1.807, 2.05) is 0 Å². The molecule has 0 fully saturated rings. The molecular weight excluding hydrogens is 799 g/mol. The van der Waals surface area contributed by atoms with Crippen molar-refractivity contribution in [2.75, 3.05) is 4.90 Å². The molecule has 0 N–H and O–H groups in total. The summed E-state index contributed by atoms with van der Waals surface area (Å²) in [6, 6.07) is 93.6. The van der Waals surface area contributed by atoms with E-state index < -0.39 is 0 Å². The van der Waals surface area contributed by atoms with Gasteiger partial charge in [-0.2, -0.15) is 0 Å². The first-order valence-electron chi connectivity index (χ1n) is 22.6. The molecule has 0 spiro atoms. The zero-order valence-electron chi connectivity index (χ0n) is 36.2. The first-order chi connectivity index (χ1) is 32.7. The molecule has 0 amide bonds. The van der Waals surface area contributed by atoms with Crippen molar-refractivity contribution >= 4 is 49.8 Å². The van der Waals surface area contributed by atoms with Crippen molar-refractivity contribution in [1.82, 2.24) is 0 Å². The lowest BCUT2D eigenvalue weighted by Gasteiger charge is -2.27. The van der Waals surface area contributed by atoms with Gasteiger partial charge in [-0.25, -0.2) is 0 Å². The standard InChI is InChI=1S/C64H43NO/c1-4-17-44(18-5-1)46-33-37-52(38-34-46)65(53-39-35-48(36-40-53)54-27-10-11-28-55(54)51-26-14-25-50(43-51)45-19-6-2-7-20-45)60-42-41-58(64-63(60)59-29-12-13-32-61(59)66-64)57-31-16-24-49-23-15-30-56(62(49)57)47-21-8-3-9-22-47/h1-43H. The average Bonchev–Trinajstić information content (AvgIpc) is 3.80. The first kappa shape index (κ1) is 38.9. The molecule has 66 heavy (non-hydrogen) atoms. The summed E-state index contributed by atoms with van der Waals surface area (Å²) >= 11 is 0. The van der Waals surface area contributed by atoms with Crippen LogP contribution in [0.5, 0.6) is 0 Å². The highest BCUT2D eigenvalue weighted by Gasteiger charge is 2.24. The van der Waals surface area contributed by atoms with Gasteiger partial charge in [0, 0.05) is 22.3 Å². The smallest absolute Gasteiger partial charge is 0.145 e. The lowest BCUT2D eigenvalue weighted by atomic mass is 9.90. The van der Waals surface area contributed by atoms with Crippen molar-refractivity contribution in [3.63, 3.8) is 0 Å². The van der Waals surface area contributed by atoms with Crippen LogP contribution < -0.4 is 4.90 Å². The molecule has 0 saturated heterocycles. The van der Waals surface area contributed by atoms with Crippen LogP contribution in [0, 0.1) is 0 Å². The summed E-state index contributed by atoms with van der Waals surface area (Å²) in [7, 11) is 0. The number of para-hydroxylation sites is 1. The van der Waals surface area contributed by atoms with Crippen LogP contribution in [0.4, 0.5) is 17.1 Å². The van der Waals surface area contributed by atoms with Gasteiger partial charge in [0.15, 0.2) is 0 Å². The van der Waals surface area contributed by atoms with Crippen LogP contribution in [-0.2, 0) is 0 Å². The Balaban J connectivity index is 1.03. The molecule has 1 aromatic heterocycles. The number of rotatable bonds is 9. The number of hydrogen-bond donors (Lipinski definition) is 0. The topological polar surface area (TPSA) is 16.4 Å². The molecule has 1 heterocycles. The van der Waals surface area contributed by atoms with Crippen molar-refractivity contribution in [2.45, 2.75) is 0 Å². The van der Waals surface area contributed by atoms with Crippen LogP contribution in [0.1, 0.15) is 0 Å². The summed E-state index contributed by atoms with van der Waals surface area (Å²) in [4.78, 5) is 2.39. The summed E-state index contributed by atoms with van der Waals surface area (Å²) < 4.78 is 7.01. The first-order valence-corrected chi connectivity index (χ1v) is 22.6. The number of furan rings is 1. The summed E-state index contributed by atoms with van der Waals surface area (Å²) in [6.07, 6.45) is 0. The van der Waals surface area contributed by atoms with Crippen molar-refractivity contribution in [1.29, 1.82) is 0 Å². The molecule has 0 atom stereocenters. The molecule has 310 valence electrons. The van der Waals surface area contributed by atoms with Crippen LogP contribution in [0.25, 0.3) is 99.5 Å². The summed E-state index contributed by atoms with van der Waals surface area (Å²) in [5.74, 6) is 0. The van der Waals surface area contributed by atoms with E-state index in [4.69, 9.17) is 4.42 Å². The van der Waals surface area contributed by atoms with E-state index in [1.165, 1.54) is 60.8 Å². The van der Waals surface area contributed by atoms with Gasteiger partial charge in [0.05, 0.1) is 11.1 Å². The molecule has 12 rings (SSSR count). The highest BCUT2D eigenvalue weighted by molar-refractivity contribution is 6.19. The van der Waals surface area contributed by atoms with Crippen LogP contribution in [0.2, 0.25) is 0 Å². The van der Waals surface area contributed by atoms with E-state index >= 15 is 0 Å². The second-order valence-corrected chi connectivity index (χ2v) is 16.8. The zero-order valence-corrected chi connectivity index (χ0v) is 36.2. The molecule has 2 heteroatoms. The van der Waals surface area contributed by atoms with Gasteiger partial charge in [-0.15, -0.1) is 0 Å². The van der Waals surface area contributed by atoms with Gasteiger partial charge in [0.2, 0.25) is 0 Å². The molecule has 0 aliphatic rings. The van der Waals surface area contributed by atoms with Gasteiger partial charge >= 0.3 is 0 Å². The minimum absolute atomic E-state index is 0.854. The lowest BCUT2D eigenvalue weighted by molar-refractivity contribution is 0.670. The van der Waals surface area contributed by atoms with Gasteiger partial charge in [-0.3, -0.25) is 0 Å². The fourth-order valence-corrected chi connectivity index (χ4v) is 9.77. The number of nitrogens with zero attached hydrogens (tertiary/aromatic N) is 1. The molecular formula is C64H43NO. The molecule has 0 radical (unpaired) electrons. The SMILES string of the molecule is c1ccc(-c2ccc(N(c3ccc(-c4ccccc4-c4cccc(-c5ccccc5)c4)cc3)c3ccc(-c4cccc5cccc(-c6ccccc6)c45)c4oc5ccccc5c34)cc2)cc1. The predicted molar refractivity (Wildman–Crippen MR) is 279 cm³/mol. The van der Waals surface area contributed by atoms with Crippen molar-refractivity contribution in [2.24, 2.45) is 0 Å². The van der Waals surface area contributed by atoms with Crippen molar-refractivity contribution in [3.8, 4) is 66.8 Å². The summed E-state index contributed by atoms with van der Waals surface area (Å²) in [6.45, 7) is 0. The third kappa shape index (κ3) is 7.02. The van der Waals surface area contributed by atoms with E-state index in [0.29, 0.717) is 0 Å². The minimum Gasteiger partial charge on any atom is -0.455 e. The molecule has 2 nitrogen and oxygen atoms in total. The maximum absolute atomic E-state index is 7.01. The molecule has 12 aromatic rings. The van der Waals surface area contributed by atoms with Gasteiger partial charge < -0.3 is 9.32 Å². The second-order valence-electron chi connectivity index (χ2n) is 16.8. The van der Waals surface area contributed by atoms with Crippen LogP contribution in [0.15, 0.2) is 265 Å².